The first-order valence-corrected chi connectivity index (χ1v) is 4.07. The zero-order chi connectivity index (χ0) is 10.1. The van der Waals surface area contributed by atoms with Gasteiger partial charge in [0, 0.05) is 11.6 Å². The highest BCUT2D eigenvalue weighted by Gasteiger charge is 2.28. The summed E-state index contributed by atoms with van der Waals surface area (Å²) in [6.45, 7) is 1.76. The van der Waals surface area contributed by atoms with E-state index in [2.05, 4.69) is 15.2 Å². The number of rotatable bonds is 2. The standard InChI is InChI=1S/C8H8N4O2/c1-5-2-7(13)12(8(5)14)3-6-9-4-10-11-6/h2,4H,3H2,1H3,(H,9,10,11). The second-order valence-electron chi connectivity index (χ2n) is 2.99. The summed E-state index contributed by atoms with van der Waals surface area (Å²) in [5.74, 6) is -0.0786. The molecule has 6 heteroatoms. The molecule has 1 aromatic rings. The summed E-state index contributed by atoms with van der Waals surface area (Å²) < 4.78 is 0. The van der Waals surface area contributed by atoms with Crippen molar-refractivity contribution in [1.29, 1.82) is 0 Å². The third-order valence-corrected chi connectivity index (χ3v) is 1.96. The van der Waals surface area contributed by atoms with Crippen molar-refractivity contribution in [2.45, 2.75) is 13.5 Å². The number of nitrogens with zero attached hydrogens (tertiary/aromatic N) is 3. The number of H-pyrrole nitrogens is 1. The number of amides is 2. The number of carbonyl (C=O) groups is 2. The van der Waals surface area contributed by atoms with Gasteiger partial charge < -0.3 is 0 Å². The molecule has 0 saturated carbocycles. The molecular formula is C8H8N4O2. The van der Waals surface area contributed by atoms with Crippen LogP contribution in [-0.4, -0.2) is 31.9 Å². The third kappa shape index (κ3) is 1.30. The van der Waals surface area contributed by atoms with E-state index < -0.39 is 0 Å². The second kappa shape index (κ2) is 3.06. The van der Waals surface area contributed by atoms with Crippen molar-refractivity contribution in [2.75, 3.05) is 0 Å². The normalized spacial score (nSPS) is 16.4. The smallest absolute Gasteiger partial charge is 0.256 e. The molecule has 6 nitrogen and oxygen atoms in total. The average molecular weight is 192 g/mol. The Hall–Kier alpha value is -1.98. The number of imide groups is 1. The summed E-state index contributed by atoms with van der Waals surface area (Å²) in [7, 11) is 0. The highest BCUT2D eigenvalue weighted by Crippen LogP contribution is 2.13. The van der Waals surface area contributed by atoms with Gasteiger partial charge in [0.25, 0.3) is 11.8 Å². The van der Waals surface area contributed by atoms with E-state index in [0.717, 1.165) is 4.90 Å². The lowest BCUT2D eigenvalue weighted by Crippen LogP contribution is -2.30. The van der Waals surface area contributed by atoms with Crippen LogP contribution in [0.3, 0.4) is 0 Å². The minimum Gasteiger partial charge on any atom is -0.269 e. The van der Waals surface area contributed by atoms with Crippen molar-refractivity contribution in [3.05, 3.63) is 23.8 Å². The largest absolute Gasteiger partial charge is 0.269 e. The zero-order valence-electron chi connectivity index (χ0n) is 7.52. The lowest BCUT2D eigenvalue weighted by atomic mass is 10.3. The molecule has 0 saturated heterocycles. The molecule has 0 aromatic carbocycles. The van der Waals surface area contributed by atoms with Gasteiger partial charge in [-0.1, -0.05) is 0 Å². The van der Waals surface area contributed by atoms with E-state index in [1.165, 1.54) is 12.4 Å². The average Bonchev–Trinajstić information content (AvgIpc) is 2.71. The fourth-order valence-electron chi connectivity index (χ4n) is 1.24. The number of hydrogen-bond donors (Lipinski definition) is 1. The number of carbonyl (C=O) groups excluding carboxylic acids is 2. The summed E-state index contributed by atoms with van der Waals surface area (Å²) >= 11 is 0. The maximum Gasteiger partial charge on any atom is 0.256 e. The van der Waals surface area contributed by atoms with Crippen molar-refractivity contribution >= 4 is 11.8 Å². The minimum atomic E-state index is -0.302. The van der Waals surface area contributed by atoms with E-state index in [4.69, 9.17) is 0 Å². The van der Waals surface area contributed by atoms with Gasteiger partial charge in [0.1, 0.15) is 12.2 Å². The summed E-state index contributed by atoms with van der Waals surface area (Å²) in [6, 6.07) is 0. The third-order valence-electron chi connectivity index (χ3n) is 1.96. The van der Waals surface area contributed by atoms with Crippen LogP contribution in [-0.2, 0) is 16.1 Å². The first-order valence-electron chi connectivity index (χ1n) is 4.07. The molecule has 0 spiro atoms. The maximum absolute atomic E-state index is 11.4. The zero-order valence-corrected chi connectivity index (χ0v) is 7.52. The maximum atomic E-state index is 11.4. The minimum absolute atomic E-state index is 0.144. The summed E-state index contributed by atoms with van der Waals surface area (Å²) in [6.07, 6.45) is 2.65. The van der Waals surface area contributed by atoms with E-state index in [9.17, 15) is 9.59 Å². The molecule has 0 atom stereocenters. The van der Waals surface area contributed by atoms with E-state index in [0.29, 0.717) is 11.4 Å². The van der Waals surface area contributed by atoms with Crippen molar-refractivity contribution in [2.24, 2.45) is 0 Å². The number of aromatic nitrogens is 3. The van der Waals surface area contributed by atoms with Crippen LogP contribution in [0.15, 0.2) is 18.0 Å². The van der Waals surface area contributed by atoms with Crippen molar-refractivity contribution < 1.29 is 9.59 Å². The van der Waals surface area contributed by atoms with Crippen LogP contribution in [0.4, 0.5) is 0 Å². The van der Waals surface area contributed by atoms with Crippen molar-refractivity contribution in [3.8, 4) is 0 Å². The predicted octanol–water partition coefficient (Wildman–Crippen LogP) is -0.380. The molecule has 0 aliphatic carbocycles. The molecule has 1 aliphatic rings. The van der Waals surface area contributed by atoms with Crippen LogP contribution in [0.25, 0.3) is 0 Å². The van der Waals surface area contributed by atoms with Crippen LogP contribution < -0.4 is 0 Å². The quantitative estimate of drug-likeness (QED) is 0.648. The fraction of sp³-hybridized carbons (Fsp3) is 0.250. The molecular weight excluding hydrogens is 184 g/mol. The number of hydrogen-bond acceptors (Lipinski definition) is 4. The number of aromatic amines is 1. The van der Waals surface area contributed by atoms with E-state index in [1.807, 2.05) is 0 Å². The van der Waals surface area contributed by atoms with Gasteiger partial charge in [-0.15, -0.1) is 0 Å². The Morgan fingerprint density at radius 2 is 2.29 bits per heavy atom. The second-order valence-corrected chi connectivity index (χ2v) is 2.99. The molecule has 0 fully saturated rings. The van der Waals surface area contributed by atoms with Gasteiger partial charge in [-0.2, -0.15) is 5.10 Å². The first kappa shape index (κ1) is 8.61. The predicted molar refractivity (Wildman–Crippen MR) is 45.7 cm³/mol. The van der Waals surface area contributed by atoms with Gasteiger partial charge in [0.2, 0.25) is 0 Å². The van der Waals surface area contributed by atoms with E-state index >= 15 is 0 Å². The topological polar surface area (TPSA) is 79.0 Å². The Morgan fingerprint density at radius 1 is 1.50 bits per heavy atom. The van der Waals surface area contributed by atoms with Gasteiger partial charge in [0.05, 0.1) is 6.54 Å². The first-order chi connectivity index (χ1) is 6.68. The molecule has 1 N–H and O–H groups in total. The monoisotopic (exact) mass is 192 g/mol. The van der Waals surface area contributed by atoms with Crippen LogP contribution in [0.2, 0.25) is 0 Å². The molecule has 1 aliphatic heterocycles. The molecule has 0 bridgehead atoms. The van der Waals surface area contributed by atoms with Gasteiger partial charge in [-0.3, -0.25) is 19.6 Å². The highest BCUT2D eigenvalue weighted by molar-refractivity contribution is 6.15. The molecule has 0 radical (unpaired) electrons. The Balaban J connectivity index is 2.15. The molecule has 14 heavy (non-hydrogen) atoms. The SMILES string of the molecule is CC1=CC(=O)N(Cc2ncn[nH]2)C1=O. The molecule has 1 aromatic heterocycles. The Kier molecular flexibility index (Phi) is 1.88. The van der Waals surface area contributed by atoms with Crippen molar-refractivity contribution in [1.82, 2.24) is 20.1 Å². The van der Waals surface area contributed by atoms with Gasteiger partial charge in [-0.25, -0.2) is 4.98 Å². The lowest BCUT2D eigenvalue weighted by Gasteiger charge is -2.11. The van der Waals surface area contributed by atoms with Gasteiger partial charge in [0.15, 0.2) is 0 Å². The molecule has 72 valence electrons. The van der Waals surface area contributed by atoms with Crippen LogP contribution >= 0.6 is 0 Å². The van der Waals surface area contributed by atoms with E-state index in [-0.39, 0.29) is 18.4 Å². The number of nitrogens with one attached hydrogen (secondary N) is 1. The Morgan fingerprint density at radius 3 is 2.79 bits per heavy atom. The van der Waals surface area contributed by atoms with Crippen LogP contribution in [0.1, 0.15) is 12.7 Å². The fourth-order valence-corrected chi connectivity index (χ4v) is 1.24. The summed E-state index contributed by atoms with van der Waals surface area (Å²) in [4.78, 5) is 27.7. The molecule has 2 rings (SSSR count). The van der Waals surface area contributed by atoms with Gasteiger partial charge >= 0.3 is 0 Å². The highest BCUT2D eigenvalue weighted by atomic mass is 16.2. The molecule has 2 amide bonds. The van der Waals surface area contributed by atoms with Crippen molar-refractivity contribution in [3.63, 3.8) is 0 Å². The summed E-state index contributed by atoms with van der Waals surface area (Å²) in [5.41, 5.74) is 0.453. The van der Waals surface area contributed by atoms with Crippen LogP contribution in [0, 0.1) is 0 Å². The summed E-state index contributed by atoms with van der Waals surface area (Å²) in [5, 5.41) is 6.22. The van der Waals surface area contributed by atoms with Crippen LogP contribution in [0.5, 0.6) is 0 Å². The van der Waals surface area contributed by atoms with Gasteiger partial charge in [-0.05, 0) is 6.92 Å². The lowest BCUT2D eigenvalue weighted by molar-refractivity contribution is -0.138. The Bertz CT molecular complexity index is 407. The molecule has 0 unspecified atom stereocenters. The Labute approximate surface area is 79.6 Å². The van der Waals surface area contributed by atoms with E-state index in [1.54, 1.807) is 6.92 Å². The molecule has 2 heterocycles.